The van der Waals surface area contributed by atoms with Crippen LogP contribution in [0.2, 0.25) is 0 Å². The summed E-state index contributed by atoms with van der Waals surface area (Å²) in [6.07, 6.45) is 2.41. The Labute approximate surface area is 191 Å². The first kappa shape index (κ1) is 23.5. The molecule has 1 saturated heterocycles. The Bertz CT molecular complexity index is 1080. The van der Waals surface area contributed by atoms with E-state index in [1.807, 2.05) is 6.92 Å². The first-order chi connectivity index (χ1) is 15.9. The lowest BCUT2D eigenvalue weighted by atomic mass is 10.2. The topological polar surface area (TPSA) is 105 Å². The minimum absolute atomic E-state index is 0.179. The average molecular weight is 451 g/mol. The SMILES string of the molecule is CC=CC(=O)N(NC(=O)c1ccccc1OC)C1CC(=O)N(c2ccc(OCC)cc2)C1=O. The van der Waals surface area contributed by atoms with E-state index in [0.29, 0.717) is 23.8 Å². The molecule has 2 aromatic rings. The number of allylic oxidation sites excluding steroid dienone is 1. The minimum atomic E-state index is -1.20. The number of nitrogens with one attached hydrogen (secondary N) is 1. The third kappa shape index (κ3) is 5.03. The minimum Gasteiger partial charge on any atom is -0.496 e. The second-order valence-electron chi connectivity index (χ2n) is 7.06. The highest BCUT2D eigenvalue weighted by molar-refractivity contribution is 6.23. The van der Waals surface area contributed by atoms with Gasteiger partial charge < -0.3 is 9.47 Å². The fourth-order valence-corrected chi connectivity index (χ4v) is 3.46. The van der Waals surface area contributed by atoms with Crippen LogP contribution in [0.3, 0.4) is 0 Å². The first-order valence-corrected chi connectivity index (χ1v) is 10.4. The number of hydrogen-bond acceptors (Lipinski definition) is 6. The van der Waals surface area contributed by atoms with Gasteiger partial charge in [0.25, 0.3) is 17.7 Å². The van der Waals surface area contributed by atoms with Crippen LogP contribution in [0.15, 0.2) is 60.7 Å². The number of carbonyl (C=O) groups excluding carboxylic acids is 4. The van der Waals surface area contributed by atoms with Gasteiger partial charge in [0, 0.05) is 6.08 Å². The summed E-state index contributed by atoms with van der Waals surface area (Å²) < 4.78 is 10.6. The van der Waals surface area contributed by atoms with Gasteiger partial charge >= 0.3 is 0 Å². The molecule has 1 unspecified atom stereocenters. The van der Waals surface area contributed by atoms with E-state index >= 15 is 0 Å². The number of benzene rings is 2. The summed E-state index contributed by atoms with van der Waals surface area (Å²) in [6.45, 7) is 3.96. The summed E-state index contributed by atoms with van der Waals surface area (Å²) in [5.41, 5.74) is 3.01. The third-order valence-electron chi connectivity index (χ3n) is 4.96. The summed E-state index contributed by atoms with van der Waals surface area (Å²) in [7, 11) is 1.42. The molecule has 9 heteroatoms. The molecule has 33 heavy (non-hydrogen) atoms. The molecule has 0 spiro atoms. The lowest BCUT2D eigenvalue weighted by molar-refractivity contribution is -0.137. The molecular weight excluding hydrogens is 426 g/mol. The van der Waals surface area contributed by atoms with Crippen molar-refractivity contribution in [3.8, 4) is 11.5 Å². The van der Waals surface area contributed by atoms with Crippen LogP contribution in [-0.2, 0) is 14.4 Å². The third-order valence-corrected chi connectivity index (χ3v) is 4.96. The monoisotopic (exact) mass is 451 g/mol. The van der Waals surface area contributed by atoms with Crippen molar-refractivity contribution in [2.75, 3.05) is 18.6 Å². The van der Waals surface area contributed by atoms with Gasteiger partial charge in [-0.1, -0.05) is 18.2 Å². The van der Waals surface area contributed by atoms with Crippen molar-refractivity contribution in [2.24, 2.45) is 0 Å². The van der Waals surface area contributed by atoms with Crippen molar-refractivity contribution in [1.82, 2.24) is 10.4 Å². The quantitative estimate of drug-likeness (QED) is 0.394. The predicted octanol–water partition coefficient (Wildman–Crippen LogP) is 2.48. The lowest BCUT2D eigenvalue weighted by Crippen LogP contribution is -2.54. The van der Waals surface area contributed by atoms with E-state index in [0.717, 1.165) is 9.91 Å². The molecule has 1 aliphatic rings. The summed E-state index contributed by atoms with van der Waals surface area (Å²) in [5.74, 6) is -1.49. The van der Waals surface area contributed by atoms with E-state index in [-0.39, 0.29) is 12.0 Å². The smallest absolute Gasteiger partial charge is 0.273 e. The van der Waals surface area contributed by atoms with Crippen molar-refractivity contribution in [3.05, 3.63) is 66.2 Å². The van der Waals surface area contributed by atoms with Crippen molar-refractivity contribution >= 4 is 29.3 Å². The van der Waals surface area contributed by atoms with E-state index in [1.165, 1.54) is 25.3 Å². The Morgan fingerprint density at radius 1 is 1.15 bits per heavy atom. The summed E-state index contributed by atoms with van der Waals surface area (Å²) in [6, 6.07) is 11.8. The Kier molecular flexibility index (Phi) is 7.45. The fourth-order valence-electron chi connectivity index (χ4n) is 3.46. The van der Waals surface area contributed by atoms with Gasteiger partial charge in [-0.15, -0.1) is 0 Å². The van der Waals surface area contributed by atoms with Crippen molar-refractivity contribution in [2.45, 2.75) is 26.3 Å². The van der Waals surface area contributed by atoms with E-state index in [9.17, 15) is 19.2 Å². The van der Waals surface area contributed by atoms with Gasteiger partial charge in [-0.05, 0) is 50.2 Å². The Balaban J connectivity index is 1.88. The van der Waals surface area contributed by atoms with Crippen LogP contribution in [0.25, 0.3) is 0 Å². The second-order valence-corrected chi connectivity index (χ2v) is 7.06. The average Bonchev–Trinajstić information content (AvgIpc) is 3.11. The molecule has 172 valence electrons. The first-order valence-electron chi connectivity index (χ1n) is 10.4. The van der Waals surface area contributed by atoms with Gasteiger partial charge in [-0.3, -0.25) is 24.6 Å². The molecule has 9 nitrogen and oxygen atoms in total. The summed E-state index contributed by atoms with van der Waals surface area (Å²) >= 11 is 0. The summed E-state index contributed by atoms with van der Waals surface area (Å²) in [4.78, 5) is 52.6. The van der Waals surface area contributed by atoms with Gasteiger partial charge in [0.05, 0.1) is 31.4 Å². The summed E-state index contributed by atoms with van der Waals surface area (Å²) in [5, 5.41) is 0.892. The maximum atomic E-state index is 13.2. The Morgan fingerprint density at radius 3 is 2.48 bits per heavy atom. The zero-order valence-electron chi connectivity index (χ0n) is 18.6. The molecule has 1 N–H and O–H groups in total. The standard InChI is InChI=1S/C24H25N3O6/c1-4-8-21(28)27(25-23(30)18-9-6-7-10-20(18)32-3)19-15-22(29)26(24(19)31)16-11-13-17(14-12-16)33-5-2/h4,6-14,19H,5,15H2,1-3H3,(H,25,30). The Morgan fingerprint density at radius 2 is 1.85 bits per heavy atom. The lowest BCUT2D eigenvalue weighted by Gasteiger charge is -2.27. The van der Waals surface area contributed by atoms with Gasteiger partial charge in [0.15, 0.2) is 0 Å². The number of carbonyl (C=O) groups is 4. The molecule has 4 amide bonds. The van der Waals surface area contributed by atoms with E-state index in [2.05, 4.69) is 5.43 Å². The second kappa shape index (κ2) is 10.4. The van der Waals surface area contributed by atoms with Crippen LogP contribution in [-0.4, -0.2) is 48.4 Å². The van der Waals surface area contributed by atoms with E-state index in [4.69, 9.17) is 9.47 Å². The number of rotatable bonds is 7. The van der Waals surface area contributed by atoms with E-state index < -0.39 is 29.7 Å². The van der Waals surface area contributed by atoms with Crippen LogP contribution in [0, 0.1) is 0 Å². The molecular formula is C24H25N3O6. The van der Waals surface area contributed by atoms with Crippen LogP contribution in [0.5, 0.6) is 11.5 Å². The highest BCUT2D eigenvalue weighted by Crippen LogP contribution is 2.27. The maximum Gasteiger partial charge on any atom is 0.273 e. The number of imide groups is 1. The molecule has 1 atom stereocenters. The zero-order valence-corrected chi connectivity index (χ0v) is 18.6. The van der Waals surface area contributed by atoms with Crippen molar-refractivity contribution < 1.29 is 28.7 Å². The zero-order chi connectivity index (χ0) is 24.0. The number of hydrazine groups is 1. The Hall–Kier alpha value is -4.14. The van der Waals surface area contributed by atoms with Crippen LogP contribution in [0.1, 0.15) is 30.6 Å². The highest BCUT2D eigenvalue weighted by atomic mass is 16.5. The van der Waals surface area contributed by atoms with Gasteiger partial charge in [0.1, 0.15) is 17.5 Å². The predicted molar refractivity (Wildman–Crippen MR) is 121 cm³/mol. The normalized spacial score (nSPS) is 15.6. The number of hydrogen-bond donors (Lipinski definition) is 1. The molecule has 3 rings (SSSR count). The molecule has 1 heterocycles. The number of ether oxygens (including phenoxy) is 2. The molecule has 0 bridgehead atoms. The molecule has 2 aromatic carbocycles. The van der Waals surface area contributed by atoms with Crippen LogP contribution >= 0.6 is 0 Å². The van der Waals surface area contributed by atoms with Gasteiger partial charge in [0.2, 0.25) is 5.91 Å². The maximum absolute atomic E-state index is 13.2. The number of amides is 4. The molecule has 0 saturated carbocycles. The number of methoxy groups -OCH3 is 1. The van der Waals surface area contributed by atoms with Crippen LogP contribution in [0.4, 0.5) is 5.69 Å². The highest BCUT2D eigenvalue weighted by Gasteiger charge is 2.45. The largest absolute Gasteiger partial charge is 0.496 e. The van der Waals surface area contributed by atoms with Crippen molar-refractivity contribution in [3.63, 3.8) is 0 Å². The van der Waals surface area contributed by atoms with Gasteiger partial charge in [-0.2, -0.15) is 0 Å². The molecule has 0 aromatic heterocycles. The molecule has 0 aliphatic carbocycles. The molecule has 0 radical (unpaired) electrons. The molecule has 1 aliphatic heterocycles. The van der Waals surface area contributed by atoms with E-state index in [1.54, 1.807) is 49.4 Å². The number of nitrogens with zero attached hydrogens (tertiary/aromatic N) is 2. The fraction of sp³-hybridized carbons (Fsp3) is 0.250. The van der Waals surface area contributed by atoms with Crippen molar-refractivity contribution in [1.29, 1.82) is 0 Å². The molecule has 1 fully saturated rings. The van der Waals surface area contributed by atoms with Crippen LogP contribution < -0.4 is 19.8 Å². The van der Waals surface area contributed by atoms with Gasteiger partial charge in [-0.25, -0.2) is 9.91 Å². The number of anilines is 1. The number of para-hydroxylation sites is 1.